The van der Waals surface area contributed by atoms with E-state index in [1.807, 2.05) is 54.7 Å². The molecule has 1 aliphatic rings. The number of nitrogens with one attached hydrogen (secondary N) is 2. The van der Waals surface area contributed by atoms with Crippen molar-refractivity contribution in [2.75, 3.05) is 23.9 Å². The number of hydrogen-bond donors (Lipinski definition) is 4. The maximum Gasteiger partial charge on any atom is 0.211 e. The van der Waals surface area contributed by atoms with E-state index in [1.165, 1.54) is 5.56 Å². The van der Waals surface area contributed by atoms with Crippen molar-refractivity contribution >= 4 is 23.3 Å². The summed E-state index contributed by atoms with van der Waals surface area (Å²) in [7, 11) is 1.59. The molecular weight excluding hydrogens is 456 g/mol. The van der Waals surface area contributed by atoms with Crippen LogP contribution >= 0.6 is 0 Å². The van der Waals surface area contributed by atoms with E-state index in [1.54, 1.807) is 7.11 Å². The summed E-state index contributed by atoms with van der Waals surface area (Å²) in [6.07, 6.45) is 1.85. The first-order valence-electron chi connectivity index (χ1n) is 11.2. The lowest BCUT2D eigenvalue weighted by atomic mass is 9.94. The fourth-order valence-corrected chi connectivity index (χ4v) is 4.01. The van der Waals surface area contributed by atoms with Gasteiger partial charge in [-0.25, -0.2) is 9.98 Å². The number of anilines is 3. The lowest BCUT2D eigenvalue weighted by molar-refractivity contribution is 0.296. The number of rotatable bonds is 6. The van der Waals surface area contributed by atoms with E-state index in [9.17, 15) is 5.26 Å². The number of aliphatic imine (C=N–C) groups is 1. The van der Waals surface area contributed by atoms with Crippen molar-refractivity contribution in [3.05, 3.63) is 70.3 Å². The number of nitrogen functional groups attached to an aromatic ring is 2. The van der Waals surface area contributed by atoms with Gasteiger partial charge in [-0.05, 0) is 41.3 Å². The Labute approximate surface area is 209 Å². The molecule has 2 heterocycles. The van der Waals surface area contributed by atoms with Crippen LogP contribution in [0.15, 0.2) is 47.5 Å². The van der Waals surface area contributed by atoms with Crippen molar-refractivity contribution in [3.63, 3.8) is 0 Å². The Morgan fingerprint density at radius 2 is 1.89 bits per heavy atom. The Kier molecular flexibility index (Phi) is 6.79. The monoisotopic (exact) mass is 482 g/mol. The summed E-state index contributed by atoms with van der Waals surface area (Å²) in [4.78, 5) is 8.90. The molecular formula is C26H26N8O2. The minimum Gasteiger partial charge on any atom is -0.496 e. The third-order valence-electron chi connectivity index (χ3n) is 5.92. The molecule has 2 aromatic carbocycles. The van der Waals surface area contributed by atoms with Crippen LogP contribution in [0.25, 0.3) is 0 Å². The first kappa shape index (κ1) is 24.2. The molecule has 1 atom stereocenters. The number of pyridine rings is 1. The van der Waals surface area contributed by atoms with Gasteiger partial charge in [0.15, 0.2) is 6.19 Å². The largest absolute Gasteiger partial charge is 0.496 e. The van der Waals surface area contributed by atoms with Crippen molar-refractivity contribution in [3.8, 4) is 23.8 Å². The number of ether oxygens (including phenoxy) is 2. The van der Waals surface area contributed by atoms with Gasteiger partial charge in [0.2, 0.25) is 5.96 Å². The first-order chi connectivity index (χ1) is 17.4. The number of nitrogens with zero attached hydrogens (tertiary/aromatic N) is 4. The summed E-state index contributed by atoms with van der Waals surface area (Å²) in [6.45, 7) is 4.53. The molecule has 0 radical (unpaired) electrons. The molecule has 1 unspecified atom stereocenters. The van der Waals surface area contributed by atoms with E-state index in [2.05, 4.69) is 34.5 Å². The lowest BCUT2D eigenvalue weighted by Crippen LogP contribution is -2.32. The number of nitriles is 2. The maximum atomic E-state index is 9.54. The molecule has 182 valence electrons. The number of methoxy groups -OCH3 is 1. The average Bonchev–Trinajstić information content (AvgIpc) is 2.87. The molecule has 0 fully saturated rings. The van der Waals surface area contributed by atoms with Gasteiger partial charge < -0.3 is 26.3 Å². The van der Waals surface area contributed by atoms with Crippen molar-refractivity contribution < 1.29 is 9.47 Å². The Morgan fingerprint density at radius 3 is 2.53 bits per heavy atom. The molecule has 6 N–H and O–H groups in total. The van der Waals surface area contributed by atoms with Crippen molar-refractivity contribution in [1.29, 1.82) is 10.5 Å². The standard InChI is InChI=1S/C26H26N8O2/c1-14(2)15-4-7-18(8-5-15)36-12-17-10-16(6-9-20(17)35-3)23-21-22(29)19(11-27)24(30)33-25(21)34-26(32-23)31-13-28/h4-10,14,23H,12H2,1-3H3,(H6,29,30,31,32,33,34). The van der Waals surface area contributed by atoms with E-state index >= 15 is 0 Å². The number of benzene rings is 2. The lowest BCUT2D eigenvalue weighted by Gasteiger charge is -2.26. The maximum absolute atomic E-state index is 9.54. The third kappa shape index (κ3) is 4.65. The SMILES string of the molecule is COc1ccc(C2N=C(NC#N)Nc3nc(N)c(C#N)c(N)c32)cc1COc1ccc(C(C)C)cc1. The summed E-state index contributed by atoms with van der Waals surface area (Å²) in [5.41, 5.74) is 15.8. The molecule has 0 bridgehead atoms. The summed E-state index contributed by atoms with van der Waals surface area (Å²) in [5, 5.41) is 24.1. The van der Waals surface area contributed by atoms with Gasteiger partial charge >= 0.3 is 0 Å². The van der Waals surface area contributed by atoms with Gasteiger partial charge in [0, 0.05) is 11.1 Å². The molecule has 1 aliphatic heterocycles. The summed E-state index contributed by atoms with van der Waals surface area (Å²) < 4.78 is 11.6. The topological polar surface area (TPSA) is 167 Å². The molecule has 10 heteroatoms. The van der Waals surface area contributed by atoms with Crippen LogP contribution in [0.5, 0.6) is 11.5 Å². The normalized spacial score (nSPS) is 14.1. The molecule has 0 amide bonds. The van der Waals surface area contributed by atoms with Crippen LogP contribution in [-0.2, 0) is 6.61 Å². The van der Waals surface area contributed by atoms with E-state index in [0.29, 0.717) is 23.0 Å². The molecule has 4 rings (SSSR count). The van der Waals surface area contributed by atoms with Gasteiger partial charge in [0.25, 0.3) is 0 Å². The average molecular weight is 483 g/mol. The summed E-state index contributed by atoms with van der Waals surface area (Å²) >= 11 is 0. The fourth-order valence-electron chi connectivity index (χ4n) is 4.01. The predicted octanol–water partition coefficient (Wildman–Crippen LogP) is 3.77. The third-order valence-corrected chi connectivity index (χ3v) is 5.92. The molecule has 1 aromatic heterocycles. The van der Waals surface area contributed by atoms with Gasteiger partial charge in [-0.2, -0.15) is 10.5 Å². The Hall–Kier alpha value is -4.96. The number of aromatic nitrogens is 1. The fraction of sp³-hybridized carbons (Fsp3) is 0.231. The van der Waals surface area contributed by atoms with Gasteiger partial charge in [-0.1, -0.05) is 32.0 Å². The molecule has 10 nitrogen and oxygen atoms in total. The molecule has 36 heavy (non-hydrogen) atoms. The number of nitrogens with two attached hydrogens (primary N) is 2. The van der Waals surface area contributed by atoms with Crippen molar-refractivity contribution in [1.82, 2.24) is 10.3 Å². The van der Waals surface area contributed by atoms with Crippen LogP contribution < -0.4 is 31.6 Å². The quantitative estimate of drug-likeness (QED) is 0.302. The smallest absolute Gasteiger partial charge is 0.211 e. The van der Waals surface area contributed by atoms with Crippen LogP contribution in [0, 0.1) is 22.8 Å². The second-order valence-electron chi connectivity index (χ2n) is 8.49. The second kappa shape index (κ2) is 10.1. The van der Waals surface area contributed by atoms with Crippen molar-refractivity contribution in [2.24, 2.45) is 4.99 Å². The summed E-state index contributed by atoms with van der Waals surface area (Å²) in [6, 6.07) is 14.9. The van der Waals surface area contributed by atoms with Gasteiger partial charge in [0.1, 0.15) is 47.4 Å². The predicted molar refractivity (Wildman–Crippen MR) is 137 cm³/mol. The molecule has 3 aromatic rings. The number of guanidine groups is 1. The van der Waals surface area contributed by atoms with Gasteiger partial charge in [-0.3, -0.25) is 5.32 Å². The summed E-state index contributed by atoms with van der Waals surface area (Å²) in [5.74, 6) is 2.31. The Balaban J connectivity index is 1.72. The Morgan fingerprint density at radius 1 is 1.14 bits per heavy atom. The van der Waals surface area contributed by atoms with Crippen LogP contribution in [0.4, 0.5) is 17.3 Å². The van der Waals surface area contributed by atoms with Gasteiger partial charge in [-0.15, -0.1) is 0 Å². The molecule has 0 aliphatic carbocycles. The van der Waals surface area contributed by atoms with Gasteiger partial charge in [0.05, 0.1) is 12.8 Å². The highest BCUT2D eigenvalue weighted by Gasteiger charge is 2.30. The van der Waals surface area contributed by atoms with E-state index in [4.69, 9.17) is 26.2 Å². The van der Waals surface area contributed by atoms with Crippen molar-refractivity contribution in [2.45, 2.75) is 32.4 Å². The van der Waals surface area contributed by atoms with E-state index in [0.717, 1.165) is 16.9 Å². The van der Waals surface area contributed by atoms with Crippen LogP contribution in [0.1, 0.15) is 53.6 Å². The van der Waals surface area contributed by atoms with Crippen LogP contribution in [-0.4, -0.2) is 18.1 Å². The van der Waals surface area contributed by atoms with Crippen LogP contribution in [0.2, 0.25) is 0 Å². The minimum atomic E-state index is -0.660. The Bertz CT molecular complexity index is 1400. The minimum absolute atomic E-state index is 0.00878. The molecule has 0 saturated heterocycles. The highest BCUT2D eigenvalue weighted by Crippen LogP contribution is 2.41. The first-order valence-corrected chi connectivity index (χ1v) is 11.2. The molecule has 0 spiro atoms. The van der Waals surface area contributed by atoms with E-state index < -0.39 is 6.04 Å². The second-order valence-corrected chi connectivity index (χ2v) is 8.49. The highest BCUT2D eigenvalue weighted by atomic mass is 16.5. The number of hydrogen-bond acceptors (Lipinski definition) is 10. The zero-order valence-electron chi connectivity index (χ0n) is 20.2. The van der Waals surface area contributed by atoms with E-state index in [-0.39, 0.29) is 29.6 Å². The van der Waals surface area contributed by atoms with Crippen LogP contribution in [0.3, 0.4) is 0 Å². The molecule has 0 saturated carbocycles. The number of fused-ring (bicyclic) bond motifs is 1. The zero-order valence-corrected chi connectivity index (χ0v) is 20.2. The zero-order chi connectivity index (χ0) is 25.8. The highest BCUT2D eigenvalue weighted by molar-refractivity contribution is 5.98.